The highest BCUT2D eigenvalue weighted by Crippen LogP contribution is 2.35. The highest BCUT2D eigenvalue weighted by Gasteiger charge is 2.18. The summed E-state index contributed by atoms with van der Waals surface area (Å²) in [6.45, 7) is -2.97. The summed E-state index contributed by atoms with van der Waals surface area (Å²) in [6, 6.07) is 14.1. The van der Waals surface area contributed by atoms with E-state index in [0.717, 1.165) is 23.9 Å². The summed E-state index contributed by atoms with van der Waals surface area (Å²) < 4.78 is 34.3. The molecule has 0 spiro atoms. The SMILES string of the molecule is COc1cc(C(=O)Nc2ccc3c4c(cccc24)CC3)ccc1OC(F)F. The zero-order valence-corrected chi connectivity index (χ0v) is 14.6. The summed E-state index contributed by atoms with van der Waals surface area (Å²) in [5.74, 6) is -0.395. The molecule has 4 rings (SSSR count). The third-order valence-corrected chi connectivity index (χ3v) is 4.77. The van der Waals surface area contributed by atoms with Gasteiger partial charge in [-0.05, 0) is 53.6 Å². The van der Waals surface area contributed by atoms with Crippen LogP contribution in [0.2, 0.25) is 0 Å². The minimum atomic E-state index is -2.97. The fourth-order valence-electron chi connectivity index (χ4n) is 3.55. The highest BCUT2D eigenvalue weighted by atomic mass is 19.3. The topological polar surface area (TPSA) is 47.6 Å². The Morgan fingerprint density at radius 3 is 2.56 bits per heavy atom. The van der Waals surface area contributed by atoms with Crippen molar-refractivity contribution in [2.24, 2.45) is 0 Å². The lowest BCUT2D eigenvalue weighted by Crippen LogP contribution is -2.13. The maximum atomic E-state index is 12.7. The van der Waals surface area contributed by atoms with Gasteiger partial charge < -0.3 is 14.8 Å². The van der Waals surface area contributed by atoms with Crippen molar-refractivity contribution in [3.8, 4) is 11.5 Å². The Morgan fingerprint density at radius 2 is 1.81 bits per heavy atom. The number of anilines is 1. The van der Waals surface area contributed by atoms with Crippen LogP contribution in [-0.4, -0.2) is 19.6 Å². The number of aryl methyl sites for hydroxylation is 2. The van der Waals surface area contributed by atoms with Gasteiger partial charge in [0.15, 0.2) is 11.5 Å². The molecule has 0 atom stereocenters. The molecular weight excluding hydrogens is 352 g/mol. The van der Waals surface area contributed by atoms with Crippen molar-refractivity contribution < 1.29 is 23.0 Å². The quantitative estimate of drug-likeness (QED) is 0.703. The van der Waals surface area contributed by atoms with Crippen molar-refractivity contribution in [1.82, 2.24) is 0 Å². The van der Waals surface area contributed by atoms with Crippen LogP contribution in [0.15, 0.2) is 48.5 Å². The average Bonchev–Trinajstić information content (AvgIpc) is 3.08. The van der Waals surface area contributed by atoms with E-state index in [-0.39, 0.29) is 23.0 Å². The van der Waals surface area contributed by atoms with Crippen molar-refractivity contribution in [3.63, 3.8) is 0 Å². The van der Waals surface area contributed by atoms with E-state index >= 15 is 0 Å². The maximum absolute atomic E-state index is 12.7. The van der Waals surface area contributed by atoms with Gasteiger partial charge in [-0.25, -0.2) is 0 Å². The summed E-state index contributed by atoms with van der Waals surface area (Å²) in [6.07, 6.45) is 2.01. The molecule has 0 unspecified atom stereocenters. The van der Waals surface area contributed by atoms with Crippen LogP contribution < -0.4 is 14.8 Å². The number of benzene rings is 3. The van der Waals surface area contributed by atoms with E-state index in [0.29, 0.717) is 0 Å². The van der Waals surface area contributed by atoms with Gasteiger partial charge >= 0.3 is 6.61 Å². The molecule has 6 heteroatoms. The lowest BCUT2D eigenvalue weighted by Gasteiger charge is -2.13. The Morgan fingerprint density at radius 1 is 1.04 bits per heavy atom. The molecule has 1 aliphatic rings. The van der Waals surface area contributed by atoms with Crippen molar-refractivity contribution in [2.45, 2.75) is 19.5 Å². The summed E-state index contributed by atoms with van der Waals surface area (Å²) in [4.78, 5) is 12.7. The molecule has 0 fully saturated rings. The predicted octanol–water partition coefficient (Wildman–Crippen LogP) is 4.80. The van der Waals surface area contributed by atoms with Crippen LogP contribution >= 0.6 is 0 Å². The second-order valence-corrected chi connectivity index (χ2v) is 6.31. The van der Waals surface area contributed by atoms with E-state index in [9.17, 15) is 13.6 Å². The van der Waals surface area contributed by atoms with Gasteiger partial charge in [0, 0.05) is 16.6 Å². The number of hydrogen-bond acceptors (Lipinski definition) is 3. The summed E-state index contributed by atoms with van der Waals surface area (Å²) >= 11 is 0. The van der Waals surface area contributed by atoms with Crippen LogP contribution in [-0.2, 0) is 12.8 Å². The van der Waals surface area contributed by atoms with Gasteiger partial charge in [-0.1, -0.05) is 24.3 Å². The van der Waals surface area contributed by atoms with E-state index in [1.165, 1.54) is 41.8 Å². The first-order chi connectivity index (χ1) is 13.1. The second-order valence-electron chi connectivity index (χ2n) is 6.31. The number of methoxy groups -OCH3 is 1. The number of rotatable bonds is 5. The molecule has 138 valence electrons. The zero-order chi connectivity index (χ0) is 19.0. The number of carbonyl (C=O) groups excluding carboxylic acids is 1. The monoisotopic (exact) mass is 369 g/mol. The number of hydrogen-bond donors (Lipinski definition) is 1. The standard InChI is InChI=1S/C21H17F2NO3/c1-26-18-11-14(8-10-17(18)27-21(22)23)20(25)24-16-9-7-13-6-5-12-3-2-4-15(16)19(12)13/h2-4,7-11,21H,5-6H2,1H3,(H,24,25). The molecule has 1 N–H and O–H groups in total. The molecule has 27 heavy (non-hydrogen) atoms. The minimum absolute atomic E-state index is 0.0726. The predicted molar refractivity (Wildman–Crippen MR) is 98.9 cm³/mol. The molecule has 0 heterocycles. The van der Waals surface area contributed by atoms with Crippen LogP contribution in [0.5, 0.6) is 11.5 Å². The number of ether oxygens (including phenoxy) is 2. The van der Waals surface area contributed by atoms with Gasteiger partial charge in [-0.3, -0.25) is 4.79 Å². The largest absolute Gasteiger partial charge is 0.493 e. The maximum Gasteiger partial charge on any atom is 0.387 e. The van der Waals surface area contributed by atoms with Crippen LogP contribution in [0.4, 0.5) is 14.5 Å². The Hall–Kier alpha value is -3.15. The van der Waals surface area contributed by atoms with E-state index < -0.39 is 6.61 Å². The van der Waals surface area contributed by atoms with Gasteiger partial charge in [0.1, 0.15) is 0 Å². The van der Waals surface area contributed by atoms with E-state index in [1.54, 1.807) is 0 Å². The molecule has 0 saturated carbocycles. The van der Waals surface area contributed by atoms with Crippen LogP contribution in [0.3, 0.4) is 0 Å². The van der Waals surface area contributed by atoms with Crippen LogP contribution in [0.1, 0.15) is 21.5 Å². The molecule has 3 aromatic rings. The van der Waals surface area contributed by atoms with Gasteiger partial charge in [-0.15, -0.1) is 0 Å². The van der Waals surface area contributed by atoms with Gasteiger partial charge in [0.05, 0.1) is 7.11 Å². The Kier molecular flexibility index (Phi) is 4.39. The molecule has 0 aliphatic heterocycles. The molecule has 0 bridgehead atoms. The number of amides is 1. The number of nitrogens with one attached hydrogen (secondary N) is 1. The molecule has 0 saturated heterocycles. The van der Waals surface area contributed by atoms with Gasteiger partial charge in [-0.2, -0.15) is 8.78 Å². The lowest BCUT2D eigenvalue weighted by atomic mass is 10.0. The molecule has 1 amide bonds. The van der Waals surface area contributed by atoms with E-state index in [2.05, 4.69) is 16.1 Å². The lowest BCUT2D eigenvalue weighted by molar-refractivity contribution is -0.0512. The van der Waals surface area contributed by atoms with Crippen molar-refractivity contribution in [1.29, 1.82) is 0 Å². The molecule has 1 aliphatic carbocycles. The van der Waals surface area contributed by atoms with E-state index in [1.807, 2.05) is 24.3 Å². The summed E-state index contributed by atoms with van der Waals surface area (Å²) in [5.41, 5.74) is 3.58. The first-order valence-corrected chi connectivity index (χ1v) is 8.54. The van der Waals surface area contributed by atoms with Crippen molar-refractivity contribution >= 4 is 22.4 Å². The second kappa shape index (κ2) is 6.87. The minimum Gasteiger partial charge on any atom is -0.493 e. The number of halogens is 2. The first-order valence-electron chi connectivity index (χ1n) is 8.54. The summed E-state index contributed by atoms with van der Waals surface area (Å²) in [5, 5.41) is 5.11. The number of carbonyl (C=O) groups is 1. The Bertz CT molecular complexity index is 1020. The first kappa shape index (κ1) is 17.3. The number of alkyl halides is 2. The average molecular weight is 369 g/mol. The van der Waals surface area contributed by atoms with Crippen LogP contribution in [0, 0.1) is 0 Å². The van der Waals surface area contributed by atoms with E-state index in [4.69, 9.17) is 4.74 Å². The van der Waals surface area contributed by atoms with Crippen molar-refractivity contribution in [3.05, 3.63) is 65.2 Å². The van der Waals surface area contributed by atoms with Gasteiger partial charge in [0.2, 0.25) is 0 Å². The Labute approximate surface area is 154 Å². The molecule has 4 nitrogen and oxygen atoms in total. The molecular formula is C21H17F2NO3. The zero-order valence-electron chi connectivity index (χ0n) is 14.6. The third-order valence-electron chi connectivity index (χ3n) is 4.77. The van der Waals surface area contributed by atoms with Gasteiger partial charge in [0.25, 0.3) is 5.91 Å². The van der Waals surface area contributed by atoms with Crippen LogP contribution in [0.25, 0.3) is 10.8 Å². The smallest absolute Gasteiger partial charge is 0.387 e. The normalized spacial score (nSPS) is 12.4. The molecule has 0 aromatic heterocycles. The highest BCUT2D eigenvalue weighted by molar-refractivity contribution is 6.10. The van der Waals surface area contributed by atoms with Crippen molar-refractivity contribution in [2.75, 3.05) is 12.4 Å². The summed E-state index contributed by atoms with van der Waals surface area (Å²) in [7, 11) is 1.33. The third kappa shape index (κ3) is 3.18. The Balaban J connectivity index is 1.65. The molecule has 3 aromatic carbocycles. The fourth-order valence-corrected chi connectivity index (χ4v) is 3.55. The molecule has 0 radical (unpaired) electrons. The fraction of sp³-hybridized carbons (Fsp3) is 0.190.